The number of hydrogen-bond acceptors (Lipinski definition) is 6. The highest BCUT2D eigenvalue weighted by Crippen LogP contribution is 2.18. The first-order chi connectivity index (χ1) is 9.81. The first kappa shape index (κ1) is 16.6. The Balaban J connectivity index is 0.00000161. The number of thiazole rings is 1. The summed E-state index contributed by atoms with van der Waals surface area (Å²) in [6.07, 6.45) is 1.98. The number of amides is 1. The Morgan fingerprint density at radius 2 is 2.33 bits per heavy atom. The van der Waals surface area contributed by atoms with Crippen LogP contribution in [0, 0.1) is 0 Å². The van der Waals surface area contributed by atoms with Crippen molar-refractivity contribution >= 4 is 34.8 Å². The molecule has 1 amide bonds. The molecule has 2 fully saturated rings. The van der Waals surface area contributed by atoms with Crippen LogP contribution in [0.2, 0.25) is 0 Å². The number of aromatic nitrogens is 1. The van der Waals surface area contributed by atoms with Crippen molar-refractivity contribution in [1.29, 1.82) is 0 Å². The first-order valence-electron chi connectivity index (χ1n) is 7.10. The van der Waals surface area contributed by atoms with Gasteiger partial charge in [0.05, 0.1) is 24.9 Å². The number of morpholine rings is 1. The highest BCUT2D eigenvalue weighted by atomic mass is 35.5. The van der Waals surface area contributed by atoms with Crippen molar-refractivity contribution in [2.24, 2.45) is 0 Å². The number of hydrogen-bond donors (Lipinski definition) is 2. The zero-order valence-corrected chi connectivity index (χ0v) is 13.5. The lowest BCUT2D eigenvalue weighted by Gasteiger charge is -2.25. The molecule has 2 saturated heterocycles. The van der Waals surface area contributed by atoms with E-state index in [0.29, 0.717) is 5.13 Å². The predicted octanol–water partition coefficient (Wildman–Crippen LogP) is 1.09. The SMILES string of the molecule is Cl.O=C(Nc1nc(CN2CCOCC2)cs1)C1CCCN1. The maximum Gasteiger partial charge on any atom is 0.243 e. The molecule has 3 heterocycles. The van der Waals surface area contributed by atoms with E-state index >= 15 is 0 Å². The lowest BCUT2D eigenvalue weighted by molar-refractivity contribution is -0.117. The smallest absolute Gasteiger partial charge is 0.243 e. The number of rotatable bonds is 4. The minimum atomic E-state index is -0.0541. The van der Waals surface area contributed by atoms with E-state index in [1.54, 1.807) is 0 Å². The summed E-state index contributed by atoms with van der Waals surface area (Å²) in [6, 6.07) is -0.0541. The fourth-order valence-electron chi connectivity index (χ4n) is 2.53. The second-order valence-electron chi connectivity index (χ2n) is 5.17. The number of halogens is 1. The molecule has 1 unspecified atom stereocenters. The quantitative estimate of drug-likeness (QED) is 0.864. The molecule has 8 heteroatoms. The van der Waals surface area contributed by atoms with Crippen LogP contribution in [-0.2, 0) is 16.1 Å². The zero-order chi connectivity index (χ0) is 13.8. The normalized spacial score (nSPS) is 22.8. The summed E-state index contributed by atoms with van der Waals surface area (Å²) in [5, 5.41) is 8.82. The number of nitrogens with one attached hydrogen (secondary N) is 2. The van der Waals surface area contributed by atoms with Gasteiger partial charge in [0.15, 0.2) is 5.13 Å². The molecule has 2 N–H and O–H groups in total. The van der Waals surface area contributed by atoms with Gasteiger partial charge < -0.3 is 15.4 Å². The average Bonchev–Trinajstić information content (AvgIpc) is 3.11. The van der Waals surface area contributed by atoms with Crippen molar-refractivity contribution in [2.45, 2.75) is 25.4 Å². The van der Waals surface area contributed by atoms with Crippen LogP contribution in [0.3, 0.4) is 0 Å². The number of carbonyl (C=O) groups excluding carboxylic acids is 1. The van der Waals surface area contributed by atoms with E-state index in [4.69, 9.17) is 4.74 Å². The van der Waals surface area contributed by atoms with Crippen LogP contribution in [-0.4, -0.2) is 54.7 Å². The molecular formula is C13H21ClN4O2S. The van der Waals surface area contributed by atoms with E-state index in [-0.39, 0.29) is 24.4 Å². The molecule has 0 saturated carbocycles. The standard InChI is InChI=1S/C13H20N4O2S.ClH/c18-12(11-2-1-3-14-11)16-13-15-10(9-20-13)8-17-4-6-19-7-5-17;/h9,11,14H,1-8H2,(H,15,16,18);1H. The van der Waals surface area contributed by atoms with Gasteiger partial charge >= 0.3 is 0 Å². The summed E-state index contributed by atoms with van der Waals surface area (Å²) < 4.78 is 5.33. The van der Waals surface area contributed by atoms with E-state index < -0.39 is 0 Å². The molecule has 3 rings (SSSR count). The van der Waals surface area contributed by atoms with Crippen molar-refractivity contribution in [1.82, 2.24) is 15.2 Å². The summed E-state index contributed by atoms with van der Waals surface area (Å²) >= 11 is 1.50. The fraction of sp³-hybridized carbons (Fsp3) is 0.692. The highest BCUT2D eigenvalue weighted by Gasteiger charge is 2.22. The van der Waals surface area contributed by atoms with Gasteiger partial charge in [-0.3, -0.25) is 9.69 Å². The summed E-state index contributed by atoms with van der Waals surface area (Å²) in [7, 11) is 0. The summed E-state index contributed by atoms with van der Waals surface area (Å²) in [5.41, 5.74) is 1.02. The number of anilines is 1. The van der Waals surface area contributed by atoms with E-state index in [0.717, 1.165) is 57.9 Å². The minimum absolute atomic E-state index is 0. The van der Waals surface area contributed by atoms with Gasteiger partial charge in [0.1, 0.15) is 0 Å². The van der Waals surface area contributed by atoms with Crippen LogP contribution in [0.25, 0.3) is 0 Å². The van der Waals surface area contributed by atoms with Gasteiger partial charge in [0.2, 0.25) is 5.91 Å². The van der Waals surface area contributed by atoms with Gasteiger partial charge in [-0.1, -0.05) is 0 Å². The molecule has 1 aromatic rings. The number of nitrogens with zero attached hydrogens (tertiary/aromatic N) is 2. The Kier molecular flexibility index (Phi) is 6.38. The Bertz CT molecular complexity index is 459. The van der Waals surface area contributed by atoms with Crippen LogP contribution in [0.5, 0.6) is 0 Å². The molecule has 21 heavy (non-hydrogen) atoms. The van der Waals surface area contributed by atoms with Crippen LogP contribution < -0.4 is 10.6 Å². The van der Waals surface area contributed by atoms with Crippen molar-refractivity contribution < 1.29 is 9.53 Å². The van der Waals surface area contributed by atoms with Crippen molar-refractivity contribution in [3.63, 3.8) is 0 Å². The predicted molar refractivity (Wildman–Crippen MR) is 85.1 cm³/mol. The zero-order valence-electron chi connectivity index (χ0n) is 11.8. The molecule has 2 aliphatic rings. The second kappa shape index (κ2) is 8.05. The summed E-state index contributed by atoms with van der Waals surface area (Å²) in [6.45, 7) is 5.24. The lowest BCUT2D eigenvalue weighted by atomic mass is 10.2. The molecule has 118 valence electrons. The Morgan fingerprint density at radius 3 is 3.05 bits per heavy atom. The van der Waals surface area contributed by atoms with Crippen LogP contribution in [0.15, 0.2) is 5.38 Å². The van der Waals surface area contributed by atoms with Gasteiger partial charge in [-0.25, -0.2) is 4.98 Å². The molecule has 0 aromatic carbocycles. The van der Waals surface area contributed by atoms with E-state index in [1.807, 2.05) is 5.38 Å². The Labute approximate surface area is 134 Å². The molecule has 2 aliphatic heterocycles. The van der Waals surface area contributed by atoms with Crippen LogP contribution in [0.4, 0.5) is 5.13 Å². The molecule has 0 aliphatic carbocycles. The van der Waals surface area contributed by atoms with Gasteiger partial charge in [0, 0.05) is 25.0 Å². The molecule has 1 atom stereocenters. The van der Waals surface area contributed by atoms with E-state index in [9.17, 15) is 4.79 Å². The Morgan fingerprint density at radius 1 is 1.52 bits per heavy atom. The monoisotopic (exact) mass is 332 g/mol. The molecular weight excluding hydrogens is 312 g/mol. The van der Waals surface area contributed by atoms with Gasteiger partial charge in [0.25, 0.3) is 0 Å². The number of carbonyl (C=O) groups is 1. The van der Waals surface area contributed by atoms with Crippen molar-refractivity contribution in [3.05, 3.63) is 11.1 Å². The topological polar surface area (TPSA) is 66.5 Å². The van der Waals surface area contributed by atoms with Crippen molar-refractivity contribution in [2.75, 3.05) is 38.2 Å². The molecule has 0 bridgehead atoms. The van der Waals surface area contributed by atoms with Gasteiger partial charge in [-0.2, -0.15) is 0 Å². The molecule has 1 aromatic heterocycles. The molecule has 0 radical (unpaired) electrons. The van der Waals surface area contributed by atoms with E-state index in [2.05, 4.69) is 20.5 Å². The van der Waals surface area contributed by atoms with E-state index in [1.165, 1.54) is 11.3 Å². The fourth-order valence-corrected chi connectivity index (χ4v) is 3.23. The lowest BCUT2D eigenvalue weighted by Crippen LogP contribution is -2.36. The Hall–Kier alpha value is -0.730. The molecule has 6 nitrogen and oxygen atoms in total. The third-order valence-corrected chi connectivity index (χ3v) is 4.45. The number of ether oxygens (including phenoxy) is 1. The minimum Gasteiger partial charge on any atom is -0.379 e. The molecule has 0 spiro atoms. The maximum absolute atomic E-state index is 12.0. The average molecular weight is 333 g/mol. The maximum atomic E-state index is 12.0. The summed E-state index contributed by atoms with van der Waals surface area (Å²) in [4.78, 5) is 18.8. The van der Waals surface area contributed by atoms with Crippen LogP contribution in [0.1, 0.15) is 18.5 Å². The van der Waals surface area contributed by atoms with Crippen LogP contribution >= 0.6 is 23.7 Å². The summed E-state index contributed by atoms with van der Waals surface area (Å²) in [5.74, 6) is 0.0368. The third-order valence-electron chi connectivity index (χ3n) is 3.65. The highest BCUT2D eigenvalue weighted by molar-refractivity contribution is 7.13. The van der Waals surface area contributed by atoms with Crippen molar-refractivity contribution in [3.8, 4) is 0 Å². The largest absolute Gasteiger partial charge is 0.379 e. The van der Waals surface area contributed by atoms with Gasteiger partial charge in [-0.05, 0) is 19.4 Å². The van der Waals surface area contributed by atoms with Gasteiger partial charge in [-0.15, -0.1) is 23.7 Å². The first-order valence-corrected chi connectivity index (χ1v) is 7.98. The second-order valence-corrected chi connectivity index (χ2v) is 6.03. The third kappa shape index (κ3) is 4.62.